The summed E-state index contributed by atoms with van der Waals surface area (Å²) in [5.74, 6) is 5.24. The smallest absolute Gasteiger partial charge is 0.341 e. The number of carbonyl (C=O) groups excluding carboxylic acids is 5. The number of ketones is 1. The van der Waals surface area contributed by atoms with Gasteiger partial charge in [0.05, 0.1) is 40.1 Å². The molecule has 0 N–H and O–H groups in total. The number of benzene rings is 8. The average Bonchev–Trinajstić information content (AvgIpc) is 0.910. The van der Waals surface area contributed by atoms with Crippen molar-refractivity contribution in [3.05, 3.63) is 265 Å². The number of carbonyl (C=O) groups is 5. The molecule has 0 saturated carbocycles. The minimum Gasteiger partial charge on any atom is -0.490 e. The zero-order valence-electron chi connectivity index (χ0n) is 87.0. The van der Waals surface area contributed by atoms with E-state index in [0.717, 1.165) is 108 Å². The summed E-state index contributed by atoms with van der Waals surface area (Å²) in [6.07, 6.45) is 9.82. The van der Waals surface area contributed by atoms with Crippen molar-refractivity contribution < 1.29 is 133 Å². The number of Topliss-reactive ketones (excluding diaryl/α,β-unsaturated/α-hetero) is 1. The van der Waals surface area contributed by atoms with Crippen LogP contribution in [0.25, 0.3) is 45.1 Å². The van der Waals surface area contributed by atoms with Crippen molar-refractivity contribution in [3.63, 3.8) is 0 Å². The van der Waals surface area contributed by atoms with E-state index in [0.29, 0.717) is 93.0 Å². The number of hydrogen-bond acceptors (Lipinski definition) is 28. The fourth-order valence-electron chi connectivity index (χ4n) is 11.3. The molecule has 0 aromatic heterocycles. The molecule has 0 aliphatic carbocycles. The molecular weight excluding hydrogens is 1790 g/mol. The third-order valence-corrected chi connectivity index (χ3v) is 18.6. The summed E-state index contributed by atoms with van der Waals surface area (Å²) in [4.78, 5) is 57.0. The first kappa shape index (κ1) is 125. The first-order chi connectivity index (χ1) is 66.7. The van der Waals surface area contributed by atoms with E-state index < -0.39 is 23.9 Å². The van der Waals surface area contributed by atoms with E-state index in [1.165, 1.54) is 103 Å². The molecule has 8 rings (SSSR count). The second-order valence-electron chi connectivity index (χ2n) is 31.9. The third kappa shape index (κ3) is 49.3. The van der Waals surface area contributed by atoms with Gasteiger partial charge < -0.3 is 109 Å². The van der Waals surface area contributed by atoms with Gasteiger partial charge in [-0.1, -0.05) is 192 Å². The van der Waals surface area contributed by atoms with Crippen LogP contribution >= 0.6 is 0 Å². The average molecular weight is 1940 g/mol. The molecule has 8 aromatic rings. The molecule has 766 valence electrons. The molecule has 140 heavy (non-hydrogen) atoms. The quantitative estimate of drug-likeness (QED) is 0.00854. The first-order valence-electron chi connectivity index (χ1n) is 44.9. The Balaban J connectivity index is 0.000000801. The number of hydrogen-bond donors (Lipinski definition) is 0. The highest BCUT2D eigenvalue weighted by molar-refractivity contribution is 5.98. The Morgan fingerprint density at radius 3 is 0.850 bits per heavy atom. The summed E-state index contributed by atoms with van der Waals surface area (Å²) in [6.45, 7) is 60.0. The molecule has 0 radical (unpaired) electrons. The van der Waals surface area contributed by atoms with Gasteiger partial charge in [-0.2, -0.15) is 0 Å². The van der Waals surface area contributed by atoms with E-state index in [1.54, 1.807) is 100 Å². The molecule has 28 nitrogen and oxygen atoms in total. The van der Waals surface area contributed by atoms with Crippen molar-refractivity contribution in [2.45, 2.75) is 147 Å². The van der Waals surface area contributed by atoms with Gasteiger partial charge in [-0.25, -0.2) is 14.4 Å². The van der Waals surface area contributed by atoms with E-state index >= 15 is 0 Å². The highest BCUT2D eigenvalue weighted by Gasteiger charge is 2.21. The van der Waals surface area contributed by atoms with Crippen LogP contribution in [-0.4, -0.2) is 181 Å². The van der Waals surface area contributed by atoms with Gasteiger partial charge >= 0.3 is 23.9 Å². The molecule has 28 heteroatoms. The monoisotopic (exact) mass is 1940 g/mol. The summed E-state index contributed by atoms with van der Waals surface area (Å²) in [5, 5.41) is 0. The van der Waals surface area contributed by atoms with Crippen LogP contribution in [0.5, 0.6) is 69.0 Å². The highest BCUT2D eigenvalue weighted by Crippen LogP contribution is 2.37. The largest absolute Gasteiger partial charge is 0.490 e. The second kappa shape index (κ2) is 71.2. The molecule has 0 fully saturated rings. The molecule has 0 bridgehead atoms. The third-order valence-electron chi connectivity index (χ3n) is 18.6. The van der Waals surface area contributed by atoms with Crippen molar-refractivity contribution in [3.8, 4) is 69.0 Å². The molecule has 0 aliphatic rings. The standard InChI is InChI=1S/C17H26O3.C16H24O3.C15H22O3.3C13H16O4.C13H16O3.C12H14O4/c1-5-6-7-8-11-19-17-12-15(14(2)3)9-10-16(17)20-13-18-4;1-5-6-7-10-18-16-11-14(13(2)3)8-9-15(16)19-12-17-4;1-11(2)12-7-8-13(17-10-16-6)14(9-12)18-15(3,4)5;1-9(2)10-5-6-12(17-8-15-3)11(7-10)13(14)16-4;1-9(2)10-5-6-11(13(14)16-4)12(7-10)17-8-15-3;1-9(2)11-5-6-12(16-8-15-4)13(7-11)17-10(3)14;1-9(2)11-5-6-13(16-8-15-4)12(7-11)10(3)14;1-4-9-5-6-10(12(13)15-3)11(7-9)16-8-14-2/h9-10,12H,2,5-8,11,13H2,1,3-4H3;8-9,11H,2,5-7,10,12H2,1,3-4H3;7-9H,1,10H2,2-6H3;3*5-7H,1,8H2,2-4H3;5-7H,1,8H2,2-4H3;4-7H,1,8H2,2-3H3. The van der Waals surface area contributed by atoms with Crippen LogP contribution < -0.4 is 56.8 Å². The molecule has 0 amide bonds. The Morgan fingerprint density at radius 2 is 0.529 bits per heavy atom. The van der Waals surface area contributed by atoms with Gasteiger partial charge in [-0.3, -0.25) is 9.59 Å². The lowest BCUT2D eigenvalue weighted by Gasteiger charge is -2.23. The predicted molar refractivity (Wildman–Crippen MR) is 555 cm³/mol. The molecule has 0 unspecified atom stereocenters. The molecule has 0 aliphatic heterocycles. The zero-order chi connectivity index (χ0) is 105. The summed E-state index contributed by atoms with van der Waals surface area (Å²) >= 11 is 0. The van der Waals surface area contributed by atoms with Gasteiger partial charge in [-0.15, -0.1) is 0 Å². The zero-order valence-corrected chi connectivity index (χ0v) is 87.0. The fourth-order valence-corrected chi connectivity index (χ4v) is 11.3. The van der Waals surface area contributed by atoms with Gasteiger partial charge in [0.25, 0.3) is 0 Å². The van der Waals surface area contributed by atoms with Crippen LogP contribution in [0.4, 0.5) is 0 Å². The lowest BCUT2D eigenvalue weighted by atomic mass is 10.0. The maximum absolute atomic E-state index is 11.6. The number of esters is 4. The van der Waals surface area contributed by atoms with Gasteiger partial charge in [0.15, 0.2) is 106 Å². The Hall–Kier alpha value is -13.3. The van der Waals surface area contributed by atoms with Crippen molar-refractivity contribution in [1.29, 1.82) is 0 Å². The van der Waals surface area contributed by atoms with Gasteiger partial charge in [0, 0.05) is 63.8 Å². The van der Waals surface area contributed by atoms with Gasteiger partial charge in [-0.05, 0) is 231 Å². The molecule has 0 spiro atoms. The summed E-state index contributed by atoms with van der Waals surface area (Å²) in [7, 11) is 16.4. The number of allylic oxidation sites excluding steroid dienone is 7. The van der Waals surface area contributed by atoms with Crippen LogP contribution in [0.1, 0.15) is 228 Å². The normalized spacial score (nSPS) is 10.1. The number of unbranched alkanes of at least 4 members (excludes halogenated alkanes) is 5. The van der Waals surface area contributed by atoms with Crippen molar-refractivity contribution >= 4 is 74.7 Å². The predicted octanol–water partition coefficient (Wildman–Crippen LogP) is 25.4. The highest BCUT2D eigenvalue weighted by atomic mass is 16.7. The van der Waals surface area contributed by atoms with Gasteiger partial charge in [0.1, 0.15) is 45.3 Å². The van der Waals surface area contributed by atoms with Gasteiger partial charge in [0.2, 0.25) is 0 Å². The Morgan fingerprint density at radius 1 is 0.271 bits per heavy atom. The summed E-state index contributed by atoms with van der Waals surface area (Å²) in [5.41, 5.74) is 15.6. The summed E-state index contributed by atoms with van der Waals surface area (Å²) < 4.78 is 118. The maximum atomic E-state index is 11.6. The van der Waals surface area contributed by atoms with E-state index in [2.05, 4.69) is 76.0 Å². The van der Waals surface area contributed by atoms with Crippen LogP contribution in [0.15, 0.2) is 198 Å². The molecule has 8 aromatic carbocycles. The second-order valence-corrected chi connectivity index (χ2v) is 31.9. The SMILES string of the molecule is C=C(C)c1ccc(C(=O)OC)c(OCOC)c1.C=C(C)c1ccc(OCOC)c(C(=O)OC)c1.C=C(C)c1ccc(OCOC)c(C(C)=O)c1.C=C(C)c1ccc(OCOC)c(OC(C)(C)C)c1.C=C(C)c1ccc(OCOC)c(OC(C)=O)c1.C=C(C)c1ccc(OCOC)c(OCCCCC)c1.C=C(C)c1ccc(OCOC)c(OCCCCCC)c1.C=Cc1ccc(C(=O)OC)c(OCOC)c1. The lowest BCUT2D eigenvalue weighted by Crippen LogP contribution is -2.23. The van der Waals surface area contributed by atoms with E-state index in [9.17, 15) is 24.0 Å². The van der Waals surface area contributed by atoms with Crippen LogP contribution in [-0.2, 0) is 56.9 Å². The molecule has 0 atom stereocenters. The Kier molecular flexibility index (Phi) is 63.4. The lowest BCUT2D eigenvalue weighted by molar-refractivity contribution is -0.132. The Labute approximate surface area is 830 Å². The topological polar surface area (TPSA) is 298 Å². The van der Waals surface area contributed by atoms with Crippen LogP contribution in [0.2, 0.25) is 0 Å². The van der Waals surface area contributed by atoms with Crippen LogP contribution in [0.3, 0.4) is 0 Å². The van der Waals surface area contributed by atoms with Crippen molar-refractivity contribution in [1.82, 2.24) is 0 Å². The van der Waals surface area contributed by atoms with Crippen molar-refractivity contribution in [2.24, 2.45) is 0 Å². The summed E-state index contributed by atoms with van der Waals surface area (Å²) in [6, 6.07) is 43.7. The van der Waals surface area contributed by atoms with E-state index in [1.807, 2.05) is 142 Å². The minimum absolute atomic E-state index is 0.0331. The molecule has 0 saturated heterocycles. The number of ether oxygens (including phenoxy) is 23. The minimum atomic E-state index is -0.445. The van der Waals surface area contributed by atoms with Crippen molar-refractivity contribution in [2.75, 3.05) is 146 Å². The van der Waals surface area contributed by atoms with E-state index in [-0.39, 0.29) is 65.7 Å². The first-order valence-corrected chi connectivity index (χ1v) is 44.9. The maximum Gasteiger partial charge on any atom is 0.341 e. The van der Waals surface area contributed by atoms with Crippen LogP contribution in [0, 0.1) is 0 Å². The molecular formula is C112H150O28. The number of methoxy groups -OCH3 is 11. The molecule has 0 heterocycles. The van der Waals surface area contributed by atoms with E-state index in [4.69, 9.17) is 99.5 Å². The number of rotatable bonds is 49. The Bertz CT molecular complexity index is 5210. The fraction of sp³-hybridized carbons (Fsp3) is 0.384.